The van der Waals surface area contributed by atoms with E-state index in [2.05, 4.69) is 6.08 Å². The van der Waals surface area contributed by atoms with Gasteiger partial charge in [-0.3, -0.25) is 0 Å². The van der Waals surface area contributed by atoms with Gasteiger partial charge in [0.1, 0.15) is 0 Å². The van der Waals surface area contributed by atoms with Gasteiger partial charge in [0.05, 0.1) is 4.91 Å². The van der Waals surface area contributed by atoms with Gasteiger partial charge in [0.15, 0.2) is 11.1 Å². The molecule has 13 heavy (non-hydrogen) atoms. The number of hydrogen-bond acceptors (Lipinski definition) is 1. The van der Waals surface area contributed by atoms with Gasteiger partial charge in [-0.15, -0.1) is 0 Å². The molecule has 2 unspecified atom stereocenters. The molecular formula is C10H10O2S. The van der Waals surface area contributed by atoms with Crippen LogP contribution in [-0.4, -0.2) is 8.76 Å². The Morgan fingerprint density at radius 2 is 2.38 bits per heavy atom. The van der Waals surface area contributed by atoms with E-state index in [-0.39, 0.29) is 0 Å². The molecule has 0 saturated heterocycles. The number of rotatable bonds is 1. The van der Waals surface area contributed by atoms with E-state index in [0.717, 1.165) is 12.0 Å². The second-order valence-electron chi connectivity index (χ2n) is 3.09. The summed E-state index contributed by atoms with van der Waals surface area (Å²) >= 11 is -1.86. The standard InChI is InChI=1S/C10H10O2S/c11-13(12)10-6-5-8-3-1-2-4-9(8)7-10/h1-2,4-8H,3H2,(H,11,12). The third kappa shape index (κ3) is 1.71. The van der Waals surface area contributed by atoms with Crippen LogP contribution in [0.1, 0.15) is 6.42 Å². The van der Waals surface area contributed by atoms with Crippen LogP contribution >= 0.6 is 0 Å². The van der Waals surface area contributed by atoms with E-state index >= 15 is 0 Å². The molecule has 2 nitrogen and oxygen atoms in total. The molecule has 3 heteroatoms. The fourth-order valence-electron chi connectivity index (χ4n) is 1.54. The summed E-state index contributed by atoms with van der Waals surface area (Å²) in [5.41, 5.74) is 1.13. The third-order valence-corrected chi connectivity index (χ3v) is 2.90. The smallest absolute Gasteiger partial charge is 0.186 e. The first kappa shape index (κ1) is 8.66. The highest BCUT2D eigenvalue weighted by Gasteiger charge is 2.16. The molecule has 0 saturated carbocycles. The largest absolute Gasteiger partial charge is 0.302 e. The molecule has 0 aromatic rings. The van der Waals surface area contributed by atoms with Crippen LogP contribution in [0.5, 0.6) is 0 Å². The van der Waals surface area contributed by atoms with Gasteiger partial charge in [-0.05, 0) is 24.1 Å². The molecule has 68 valence electrons. The first-order valence-electron chi connectivity index (χ1n) is 4.15. The monoisotopic (exact) mass is 194 g/mol. The lowest BCUT2D eigenvalue weighted by atomic mass is 9.88. The van der Waals surface area contributed by atoms with E-state index in [1.54, 1.807) is 12.2 Å². The summed E-state index contributed by atoms with van der Waals surface area (Å²) in [6.45, 7) is 0. The Kier molecular flexibility index (Phi) is 2.29. The molecule has 0 aromatic heterocycles. The van der Waals surface area contributed by atoms with Crippen molar-refractivity contribution in [3.8, 4) is 0 Å². The van der Waals surface area contributed by atoms with Gasteiger partial charge in [-0.2, -0.15) is 0 Å². The van der Waals surface area contributed by atoms with Crippen molar-refractivity contribution in [3.63, 3.8) is 0 Å². The molecule has 0 radical (unpaired) electrons. The molecular weight excluding hydrogens is 184 g/mol. The van der Waals surface area contributed by atoms with Crippen LogP contribution in [0.4, 0.5) is 0 Å². The molecule has 2 aliphatic rings. The predicted molar refractivity (Wildman–Crippen MR) is 53.3 cm³/mol. The molecule has 0 spiro atoms. The molecule has 0 bridgehead atoms. The summed E-state index contributed by atoms with van der Waals surface area (Å²) in [7, 11) is 0. The molecule has 0 amide bonds. The Morgan fingerprint density at radius 3 is 3.15 bits per heavy atom. The van der Waals surface area contributed by atoms with Gasteiger partial charge in [-0.25, -0.2) is 4.21 Å². The van der Waals surface area contributed by atoms with E-state index in [4.69, 9.17) is 4.55 Å². The highest BCUT2D eigenvalue weighted by Crippen LogP contribution is 2.28. The summed E-state index contributed by atoms with van der Waals surface area (Å²) in [6, 6.07) is 0. The Bertz CT molecular complexity index is 361. The van der Waals surface area contributed by atoms with Crippen molar-refractivity contribution in [3.05, 3.63) is 46.9 Å². The molecule has 0 fully saturated rings. The molecule has 0 heterocycles. The van der Waals surface area contributed by atoms with Gasteiger partial charge >= 0.3 is 0 Å². The Hall–Kier alpha value is -0.930. The van der Waals surface area contributed by atoms with Crippen molar-refractivity contribution in [1.82, 2.24) is 0 Å². The zero-order valence-electron chi connectivity index (χ0n) is 7.01. The molecule has 0 aromatic carbocycles. The van der Waals surface area contributed by atoms with Crippen molar-refractivity contribution in [2.24, 2.45) is 5.92 Å². The minimum Gasteiger partial charge on any atom is -0.302 e. The van der Waals surface area contributed by atoms with Gasteiger partial charge in [0.2, 0.25) is 0 Å². The van der Waals surface area contributed by atoms with Crippen LogP contribution in [0.15, 0.2) is 46.9 Å². The third-order valence-electron chi connectivity index (χ3n) is 2.25. The Morgan fingerprint density at radius 1 is 1.54 bits per heavy atom. The summed E-state index contributed by atoms with van der Waals surface area (Å²) in [5.74, 6) is 0.400. The van der Waals surface area contributed by atoms with Crippen molar-refractivity contribution < 1.29 is 8.76 Å². The Labute approximate surface area is 79.6 Å². The van der Waals surface area contributed by atoms with Crippen molar-refractivity contribution in [2.75, 3.05) is 0 Å². The second kappa shape index (κ2) is 3.44. The normalized spacial score (nSPS) is 27.6. The molecule has 2 atom stereocenters. The van der Waals surface area contributed by atoms with Gasteiger partial charge in [-0.1, -0.05) is 24.3 Å². The minimum absolute atomic E-state index is 0.400. The highest BCUT2D eigenvalue weighted by atomic mass is 32.2. The maximum Gasteiger partial charge on any atom is 0.186 e. The van der Waals surface area contributed by atoms with Crippen LogP contribution in [0, 0.1) is 5.92 Å². The fourth-order valence-corrected chi connectivity index (χ4v) is 1.97. The average Bonchev–Trinajstić information content (AvgIpc) is 2.17. The van der Waals surface area contributed by atoms with Crippen molar-refractivity contribution in [1.29, 1.82) is 0 Å². The van der Waals surface area contributed by atoms with Crippen molar-refractivity contribution in [2.45, 2.75) is 6.42 Å². The first-order chi connectivity index (χ1) is 6.27. The average molecular weight is 194 g/mol. The van der Waals surface area contributed by atoms with E-state index < -0.39 is 11.1 Å². The zero-order chi connectivity index (χ0) is 9.26. The predicted octanol–water partition coefficient (Wildman–Crippen LogP) is 2.16. The van der Waals surface area contributed by atoms with E-state index in [9.17, 15) is 4.21 Å². The number of hydrogen-bond donors (Lipinski definition) is 1. The minimum atomic E-state index is -1.86. The maximum atomic E-state index is 10.8. The van der Waals surface area contributed by atoms with Crippen LogP contribution in [0.25, 0.3) is 0 Å². The van der Waals surface area contributed by atoms with E-state index in [1.807, 2.05) is 18.2 Å². The summed E-state index contributed by atoms with van der Waals surface area (Å²) < 4.78 is 19.7. The molecule has 0 aliphatic heterocycles. The SMILES string of the molecule is O=S(O)C1=CC2=CC=CCC2C=C1. The molecule has 2 aliphatic carbocycles. The van der Waals surface area contributed by atoms with E-state index in [0.29, 0.717) is 10.8 Å². The Balaban J connectivity index is 2.34. The van der Waals surface area contributed by atoms with Gasteiger partial charge in [0.25, 0.3) is 0 Å². The summed E-state index contributed by atoms with van der Waals surface area (Å²) in [5, 5.41) is 0. The lowest BCUT2D eigenvalue weighted by molar-refractivity contribution is 0.571. The lowest BCUT2D eigenvalue weighted by Gasteiger charge is -2.19. The lowest BCUT2D eigenvalue weighted by Crippen LogP contribution is -2.06. The molecule has 2 rings (SSSR count). The topological polar surface area (TPSA) is 37.3 Å². The first-order valence-corrected chi connectivity index (χ1v) is 5.25. The van der Waals surface area contributed by atoms with Crippen molar-refractivity contribution >= 4 is 11.1 Å². The summed E-state index contributed by atoms with van der Waals surface area (Å²) in [4.78, 5) is 0.484. The van der Waals surface area contributed by atoms with Crippen LogP contribution < -0.4 is 0 Å². The summed E-state index contributed by atoms with van der Waals surface area (Å²) in [6.07, 6.45) is 12.6. The number of fused-ring (bicyclic) bond motifs is 1. The fraction of sp³-hybridized carbons (Fsp3) is 0.200. The highest BCUT2D eigenvalue weighted by molar-refractivity contribution is 7.83. The van der Waals surface area contributed by atoms with Gasteiger partial charge in [0, 0.05) is 5.92 Å². The number of allylic oxidation sites excluding steroid dienone is 7. The van der Waals surface area contributed by atoms with Crippen LogP contribution in [0.3, 0.4) is 0 Å². The van der Waals surface area contributed by atoms with E-state index in [1.165, 1.54) is 0 Å². The maximum absolute atomic E-state index is 10.8. The quantitative estimate of drug-likeness (QED) is 0.649. The second-order valence-corrected chi connectivity index (χ2v) is 4.06. The van der Waals surface area contributed by atoms with Crippen LogP contribution in [0.2, 0.25) is 0 Å². The zero-order valence-corrected chi connectivity index (χ0v) is 7.83. The van der Waals surface area contributed by atoms with Crippen LogP contribution in [-0.2, 0) is 11.1 Å². The molecule has 1 N–H and O–H groups in total. The van der Waals surface area contributed by atoms with Gasteiger partial charge < -0.3 is 4.55 Å².